The number of ether oxygens (including phenoxy) is 1. The number of carboxylic acids is 1. The van der Waals surface area contributed by atoms with Gasteiger partial charge in [-0.3, -0.25) is 0 Å². The van der Waals surface area contributed by atoms with Crippen LogP contribution in [0.5, 0.6) is 0 Å². The standard InChI is InChI=1S/C16H20O4/c1-16(2)9-5-6-11(10-16)20-15(19)13-8-4-3-7-12(13)14(17)18/h3-4,7-8,11H,5-6,9-10H2,1-2H3,(H,17,18). The predicted octanol–water partition coefficient (Wildman–Crippen LogP) is 3.51. The highest BCUT2D eigenvalue weighted by Gasteiger charge is 2.31. The summed E-state index contributed by atoms with van der Waals surface area (Å²) in [5, 5.41) is 9.10. The van der Waals surface area contributed by atoms with E-state index in [2.05, 4.69) is 13.8 Å². The van der Waals surface area contributed by atoms with Crippen LogP contribution in [0.3, 0.4) is 0 Å². The Kier molecular flexibility index (Phi) is 4.12. The third kappa shape index (κ3) is 3.38. The van der Waals surface area contributed by atoms with Gasteiger partial charge in [-0.15, -0.1) is 0 Å². The van der Waals surface area contributed by atoms with Gasteiger partial charge in [0.25, 0.3) is 0 Å². The van der Waals surface area contributed by atoms with E-state index in [0.29, 0.717) is 0 Å². The van der Waals surface area contributed by atoms with Gasteiger partial charge in [-0.25, -0.2) is 9.59 Å². The van der Waals surface area contributed by atoms with Crippen LogP contribution in [0, 0.1) is 5.41 Å². The van der Waals surface area contributed by atoms with E-state index in [1.54, 1.807) is 12.1 Å². The third-order valence-corrected chi connectivity index (χ3v) is 3.81. The van der Waals surface area contributed by atoms with Gasteiger partial charge in [-0.2, -0.15) is 0 Å². The van der Waals surface area contributed by atoms with Gasteiger partial charge >= 0.3 is 11.9 Å². The van der Waals surface area contributed by atoms with Crippen molar-refractivity contribution < 1.29 is 19.4 Å². The molecule has 1 unspecified atom stereocenters. The molecule has 1 N–H and O–H groups in total. The van der Waals surface area contributed by atoms with Gasteiger partial charge in [0.1, 0.15) is 6.10 Å². The predicted molar refractivity (Wildman–Crippen MR) is 74.9 cm³/mol. The number of hydrogen-bond donors (Lipinski definition) is 1. The number of rotatable bonds is 3. The lowest BCUT2D eigenvalue weighted by molar-refractivity contribution is 0.00364. The number of carboxylic acid groups (broad SMARTS) is 1. The van der Waals surface area contributed by atoms with Crippen LogP contribution in [0.15, 0.2) is 24.3 Å². The van der Waals surface area contributed by atoms with Gasteiger partial charge in [-0.1, -0.05) is 26.0 Å². The Morgan fingerprint density at radius 2 is 1.90 bits per heavy atom. The van der Waals surface area contributed by atoms with Crippen LogP contribution in [0.4, 0.5) is 0 Å². The smallest absolute Gasteiger partial charge is 0.339 e. The SMILES string of the molecule is CC1(C)CCCC(OC(=O)c2ccccc2C(=O)O)C1. The van der Waals surface area contributed by atoms with Crippen LogP contribution in [0.2, 0.25) is 0 Å². The number of esters is 1. The molecule has 4 heteroatoms. The van der Waals surface area contributed by atoms with Crippen LogP contribution in [-0.2, 0) is 4.74 Å². The van der Waals surface area contributed by atoms with Gasteiger partial charge < -0.3 is 9.84 Å². The second-order valence-electron chi connectivity index (χ2n) is 6.14. The molecule has 0 aliphatic heterocycles. The van der Waals surface area contributed by atoms with E-state index in [1.165, 1.54) is 12.1 Å². The van der Waals surface area contributed by atoms with Crippen LogP contribution in [0.25, 0.3) is 0 Å². The highest BCUT2D eigenvalue weighted by Crippen LogP contribution is 2.36. The Morgan fingerprint density at radius 3 is 2.50 bits per heavy atom. The van der Waals surface area contributed by atoms with E-state index < -0.39 is 11.9 Å². The first-order valence-electron chi connectivity index (χ1n) is 6.92. The zero-order chi connectivity index (χ0) is 14.8. The van der Waals surface area contributed by atoms with Gasteiger partial charge in [0, 0.05) is 0 Å². The van der Waals surface area contributed by atoms with Gasteiger partial charge in [0.05, 0.1) is 11.1 Å². The first-order valence-corrected chi connectivity index (χ1v) is 6.92. The van der Waals surface area contributed by atoms with Crippen molar-refractivity contribution in [3.05, 3.63) is 35.4 Å². The van der Waals surface area contributed by atoms with E-state index in [-0.39, 0.29) is 22.6 Å². The first kappa shape index (κ1) is 14.6. The van der Waals surface area contributed by atoms with Crippen molar-refractivity contribution in [2.75, 3.05) is 0 Å². The van der Waals surface area contributed by atoms with E-state index >= 15 is 0 Å². The van der Waals surface area contributed by atoms with E-state index in [9.17, 15) is 9.59 Å². The van der Waals surface area contributed by atoms with Crippen LogP contribution < -0.4 is 0 Å². The summed E-state index contributed by atoms with van der Waals surface area (Å²) < 4.78 is 5.50. The summed E-state index contributed by atoms with van der Waals surface area (Å²) in [4.78, 5) is 23.3. The number of hydrogen-bond acceptors (Lipinski definition) is 3. The average Bonchev–Trinajstić information content (AvgIpc) is 2.37. The van der Waals surface area contributed by atoms with Crippen molar-refractivity contribution in [3.63, 3.8) is 0 Å². The molecule has 0 radical (unpaired) electrons. The van der Waals surface area contributed by atoms with E-state index in [1.807, 2.05) is 0 Å². The highest BCUT2D eigenvalue weighted by molar-refractivity contribution is 6.02. The molecule has 0 saturated heterocycles. The maximum absolute atomic E-state index is 12.2. The topological polar surface area (TPSA) is 63.6 Å². The summed E-state index contributed by atoms with van der Waals surface area (Å²) >= 11 is 0. The summed E-state index contributed by atoms with van der Waals surface area (Å²) in [5.41, 5.74) is 0.297. The van der Waals surface area contributed by atoms with Crippen LogP contribution >= 0.6 is 0 Å². The Bertz CT molecular complexity index is 519. The molecule has 1 atom stereocenters. The first-order chi connectivity index (χ1) is 9.39. The molecular formula is C16H20O4. The average molecular weight is 276 g/mol. The summed E-state index contributed by atoms with van der Waals surface area (Å²) in [7, 11) is 0. The summed E-state index contributed by atoms with van der Waals surface area (Å²) in [6, 6.07) is 6.17. The van der Waals surface area contributed by atoms with Crippen molar-refractivity contribution in [3.8, 4) is 0 Å². The molecule has 108 valence electrons. The molecule has 1 aromatic carbocycles. The largest absolute Gasteiger partial charge is 0.478 e. The second kappa shape index (κ2) is 5.65. The lowest BCUT2D eigenvalue weighted by atomic mass is 9.76. The van der Waals surface area contributed by atoms with Gasteiger partial charge in [-0.05, 0) is 43.2 Å². The molecule has 1 saturated carbocycles. The Hall–Kier alpha value is -1.84. The molecule has 0 spiro atoms. The third-order valence-electron chi connectivity index (χ3n) is 3.81. The molecule has 1 fully saturated rings. The molecule has 1 aliphatic carbocycles. The molecule has 0 bridgehead atoms. The number of carbonyl (C=O) groups excluding carboxylic acids is 1. The Labute approximate surface area is 118 Å². The normalized spacial score (nSPS) is 21.2. The van der Waals surface area contributed by atoms with Crippen molar-refractivity contribution in [1.29, 1.82) is 0 Å². The second-order valence-corrected chi connectivity index (χ2v) is 6.14. The van der Waals surface area contributed by atoms with E-state index in [0.717, 1.165) is 25.7 Å². The fraction of sp³-hybridized carbons (Fsp3) is 0.500. The number of carbonyl (C=O) groups is 2. The molecule has 0 heterocycles. The summed E-state index contributed by atoms with van der Waals surface area (Å²) in [5.74, 6) is -1.65. The molecule has 20 heavy (non-hydrogen) atoms. The number of benzene rings is 1. The van der Waals surface area contributed by atoms with E-state index in [4.69, 9.17) is 9.84 Å². The Balaban J connectivity index is 2.11. The Morgan fingerprint density at radius 1 is 1.25 bits per heavy atom. The zero-order valence-corrected chi connectivity index (χ0v) is 11.9. The number of aromatic carboxylic acids is 1. The molecular weight excluding hydrogens is 256 g/mol. The fourth-order valence-corrected chi connectivity index (χ4v) is 2.79. The zero-order valence-electron chi connectivity index (χ0n) is 11.9. The van der Waals surface area contributed by atoms with Gasteiger partial charge in [0.2, 0.25) is 0 Å². The molecule has 1 aliphatic rings. The molecule has 1 aromatic rings. The van der Waals surface area contributed by atoms with Crippen LogP contribution in [-0.4, -0.2) is 23.1 Å². The minimum absolute atomic E-state index is 0.00688. The van der Waals surface area contributed by atoms with Crippen LogP contribution in [0.1, 0.15) is 60.2 Å². The lowest BCUT2D eigenvalue weighted by Crippen LogP contribution is -2.30. The maximum atomic E-state index is 12.2. The molecule has 0 aromatic heterocycles. The maximum Gasteiger partial charge on any atom is 0.339 e. The minimum atomic E-state index is -1.11. The van der Waals surface area contributed by atoms with Crippen molar-refractivity contribution in [2.24, 2.45) is 5.41 Å². The lowest BCUT2D eigenvalue weighted by Gasteiger charge is -2.34. The van der Waals surface area contributed by atoms with Gasteiger partial charge in [0.15, 0.2) is 0 Å². The molecule has 2 rings (SSSR count). The monoisotopic (exact) mass is 276 g/mol. The quantitative estimate of drug-likeness (QED) is 0.858. The summed E-state index contributed by atoms with van der Waals surface area (Å²) in [6.45, 7) is 4.33. The van der Waals surface area contributed by atoms with Crippen molar-refractivity contribution in [2.45, 2.75) is 45.6 Å². The molecule has 0 amide bonds. The summed E-state index contributed by atoms with van der Waals surface area (Å²) in [6.07, 6.45) is 3.73. The minimum Gasteiger partial charge on any atom is -0.478 e. The van der Waals surface area contributed by atoms with Crippen molar-refractivity contribution >= 4 is 11.9 Å². The molecule has 4 nitrogen and oxygen atoms in total. The highest BCUT2D eigenvalue weighted by atomic mass is 16.5. The van der Waals surface area contributed by atoms with Crippen molar-refractivity contribution in [1.82, 2.24) is 0 Å². The fourth-order valence-electron chi connectivity index (χ4n) is 2.79.